The number of amides is 3. The van der Waals surface area contributed by atoms with E-state index in [1.165, 1.54) is 11.5 Å². The summed E-state index contributed by atoms with van der Waals surface area (Å²) in [5.74, 6) is -0.0637. The Balaban J connectivity index is 1.37. The molecule has 2 unspecified atom stereocenters. The van der Waals surface area contributed by atoms with Gasteiger partial charge < -0.3 is 19.6 Å². The SMILES string of the molecule is C=C(/C=C\C(=CC)N1CCN(C(=O)c2csnn2)CC1)C1=NC2C(C=C1)N(CC(C)(C)C)C(=O)N2C. The maximum absolute atomic E-state index is 12.9. The summed E-state index contributed by atoms with van der Waals surface area (Å²) in [4.78, 5) is 38.0. The van der Waals surface area contributed by atoms with Crippen LogP contribution in [0.4, 0.5) is 4.79 Å². The molecule has 2 atom stereocenters. The summed E-state index contributed by atoms with van der Waals surface area (Å²) in [5, 5.41) is 5.58. The summed E-state index contributed by atoms with van der Waals surface area (Å²) in [7, 11) is 1.81. The smallest absolute Gasteiger partial charge is 0.322 e. The molecule has 3 amide bonds. The number of aliphatic imine (C=N–C) groups is 1. The van der Waals surface area contributed by atoms with Crippen molar-refractivity contribution < 1.29 is 9.59 Å². The Morgan fingerprint density at radius 2 is 1.89 bits per heavy atom. The molecule has 10 heteroatoms. The van der Waals surface area contributed by atoms with E-state index in [0.717, 1.165) is 30.1 Å². The van der Waals surface area contributed by atoms with E-state index >= 15 is 0 Å². The number of rotatable bonds is 6. The molecule has 0 saturated carbocycles. The average Bonchev–Trinajstić information content (AvgIpc) is 3.47. The lowest BCUT2D eigenvalue weighted by Crippen LogP contribution is -2.48. The number of hydrogen-bond acceptors (Lipinski definition) is 7. The van der Waals surface area contributed by atoms with Crippen molar-refractivity contribution in [3.05, 3.63) is 59.3 Å². The van der Waals surface area contributed by atoms with Gasteiger partial charge in [0.2, 0.25) is 0 Å². The van der Waals surface area contributed by atoms with Crippen molar-refractivity contribution in [1.82, 2.24) is 29.2 Å². The Morgan fingerprint density at radius 1 is 1.19 bits per heavy atom. The number of aromatic nitrogens is 2. The molecule has 0 spiro atoms. The highest BCUT2D eigenvalue weighted by molar-refractivity contribution is 7.03. The fourth-order valence-electron chi connectivity index (χ4n) is 4.69. The van der Waals surface area contributed by atoms with Crippen LogP contribution in [0.1, 0.15) is 38.2 Å². The van der Waals surface area contributed by atoms with Crippen LogP contribution in [0.3, 0.4) is 0 Å². The van der Waals surface area contributed by atoms with E-state index in [0.29, 0.717) is 25.3 Å². The van der Waals surface area contributed by atoms with Gasteiger partial charge in [0.15, 0.2) is 5.69 Å². The van der Waals surface area contributed by atoms with Gasteiger partial charge in [-0.1, -0.05) is 50.1 Å². The highest BCUT2D eigenvalue weighted by Crippen LogP contribution is 2.30. The van der Waals surface area contributed by atoms with Gasteiger partial charge in [-0.15, -0.1) is 5.10 Å². The fraction of sp³-hybridized carbons (Fsp3) is 0.500. The number of allylic oxidation sites excluding steroid dienone is 5. The van der Waals surface area contributed by atoms with Crippen molar-refractivity contribution in [3.63, 3.8) is 0 Å². The minimum absolute atomic E-state index is 0.00914. The van der Waals surface area contributed by atoms with Crippen LogP contribution >= 0.6 is 11.5 Å². The van der Waals surface area contributed by atoms with Gasteiger partial charge in [0.1, 0.15) is 6.17 Å². The molecule has 2 fully saturated rings. The first-order valence-corrected chi connectivity index (χ1v) is 13.1. The highest BCUT2D eigenvalue weighted by atomic mass is 32.1. The predicted molar refractivity (Wildman–Crippen MR) is 143 cm³/mol. The van der Waals surface area contributed by atoms with Gasteiger partial charge in [-0.3, -0.25) is 9.79 Å². The van der Waals surface area contributed by atoms with E-state index in [9.17, 15) is 9.59 Å². The molecule has 0 bridgehead atoms. The van der Waals surface area contributed by atoms with Gasteiger partial charge in [0.05, 0.1) is 11.8 Å². The van der Waals surface area contributed by atoms with Gasteiger partial charge in [0.25, 0.3) is 5.91 Å². The second kappa shape index (κ2) is 10.4. The molecule has 1 aromatic rings. The average molecular weight is 510 g/mol. The van der Waals surface area contributed by atoms with Crippen LogP contribution in [-0.4, -0.2) is 98.8 Å². The minimum Gasteiger partial charge on any atom is -0.368 e. The molecule has 3 aliphatic rings. The Bertz CT molecular complexity index is 1120. The third kappa shape index (κ3) is 5.43. The van der Waals surface area contributed by atoms with Gasteiger partial charge in [-0.25, -0.2) is 4.79 Å². The summed E-state index contributed by atoms with van der Waals surface area (Å²) >= 11 is 1.19. The number of nitrogens with zero attached hydrogens (tertiary/aromatic N) is 7. The van der Waals surface area contributed by atoms with Gasteiger partial charge in [-0.05, 0) is 41.6 Å². The third-order valence-corrected chi connectivity index (χ3v) is 7.07. The van der Waals surface area contributed by atoms with Crippen LogP contribution in [0.5, 0.6) is 0 Å². The van der Waals surface area contributed by atoms with Crippen LogP contribution in [0, 0.1) is 5.41 Å². The molecule has 2 saturated heterocycles. The fourth-order valence-corrected chi connectivity index (χ4v) is 5.12. The normalized spacial score (nSPS) is 23.0. The predicted octanol–water partition coefficient (Wildman–Crippen LogP) is 3.43. The number of likely N-dealkylation sites (N-methyl/N-ethyl adjacent to an activating group) is 1. The summed E-state index contributed by atoms with van der Waals surface area (Å²) in [5.41, 5.74) is 3.07. The van der Waals surface area contributed by atoms with E-state index in [2.05, 4.69) is 54.0 Å². The molecule has 4 heterocycles. The third-order valence-electron chi connectivity index (χ3n) is 6.57. The second-order valence-electron chi connectivity index (χ2n) is 10.5. The quantitative estimate of drug-likeness (QED) is 0.549. The summed E-state index contributed by atoms with van der Waals surface area (Å²) in [6.07, 6.45) is 9.88. The molecule has 0 aromatic carbocycles. The first-order valence-electron chi connectivity index (χ1n) is 12.2. The van der Waals surface area contributed by atoms with Crippen molar-refractivity contribution in [2.75, 3.05) is 39.8 Å². The monoisotopic (exact) mass is 509 g/mol. The van der Waals surface area contributed by atoms with Crippen LogP contribution in [-0.2, 0) is 0 Å². The van der Waals surface area contributed by atoms with Crippen molar-refractivity contribution in [2.45, 2.75) is 39.9 Å². The van der Waals surface area contributed by atoms with Gasteiger partial charge in [-0.2, -0.15) is 0 Å². The molecule has 0 radical (unpaired) electrons. The summed E-state index contributed by atoms with van der Waals surface area (Å²) in [6.45, 7) is 16.1. The molecule has 3 aliphatic heterocycles. The lowest BCUT2D eigenvalue weighted by Gasteiger charge is -2.36. The van der Waals surface area contributed by atoms with Gasteiger partial charge >= 0.3 is 6.03 Å². The van der Waals surface area contributed by atoms with Crippen LogP contribution < -0.4 is 0 Å². The number of hydrogen-bond donors (Lipinski definition) is 0. The maximum Gasteiger partial charge on any atom is 0.322 e. The van der Waals surface area contributed by atoms with E-state index < -0.39 is 0 Å². The largest absolute Gasteiger partial charge is 0.368 e. The van der Waals surface area contributed by atoms with Crippen molar-refractivity contribution in [1.29, 1.82) is 0 Å². The number of carbonyl (C=O) groups excluding carboxylic acids is 2. The molecule has 4 rings (SSSR count). The second-order valence-corrected chi connectivity index (χ2v) is 11.1. The summed E-state index contributed by atoms with van der Waals surface area (Å²) < 4.78 is 3.79. The number of carbonyl (C=O) groups is 2. The molecule has 36 heavy (non-hydrogen) atoms. The van der Waals surface area contributed by atoms with E-state index in [1.54, 1.807) is 10.3 Å². The lowest BCUT2D eigenvalue weighted by molar-refractivity contribution is 0.0666. The molecule has 1 aromatic heterocycles. The standard InChI is InChI=1S/C26H35N7O2S/c1-7-19(31-12-14-32(15-13-31)24(34)21-16-36-29-28-21)9-8-18(2)20-10-11-22-23(27-20)30(6)25(35)33(22)17-26(3,4)5/h7-11,16,22-23H,2,12-15,17H2,1,3-6H3/b9-8-,19-7?. The van der Waals surface area contributed by atoms with E-state index in [-0.39, 0.29) is 29.6 Å². The first-order chi connectivity index (χ1) is 17.1. The molecule has 0 aliphatic carbocycles. The van der Waals surface area contributed by atoms with Crippen LogP contribution in [0.2, 0.25) is 0 Å². The van der Waals surface area contributed by atoms with Crippen LogP contribution in [0.25, 0.3) is 0 Å². The minimum atomic E-state index is -0.246. The number of piperazine rings is 1. The Labute approximate surface area is 217 Å². The highest BCUT2D eigenvalue weighted by Gasteiger charge is 2.45. The van der Waals surface area contributed by atoms with Crippen molar-refractivity contribution in [2.24, 2.45) is 10.4 Å². The Kier molecular flexibility index (Phi) is 7.44. The lowest BCUT2D eigenvalue weighted by atomic mass is 9.95. The Morgan fingerprint density at radius 3 is 2.50 bits per heavy atom. The van der Waals surface area contributed by atoms with Crippen molar-refractivity contribution >= 4 is 29.2 Å². The van der Waals surface area contributed by atoms with E-state index in [4.69, 9.17) is 4.99 Å². The topological polar surface area (TPSA) is 85.2 Å². The molecular weight excluding hydrogens is 474 g/mol. The molecular formula is C26H35N7O2S. The zero-order valence-corrected chi connectivity index (χ0v) is 22.5. The number of urea groups is 1. The molecule has 192 valence electrons. The first kappa shape index (κ1) is 25.8. The molecule has 0 N–H and O–H groups in total. The number of dihydropyridines is 1. The van der Waals surface area contributed by atoms with Crippen LogP contribution in [0.15, 0.2) is 58.6 Å². The maximum atomic E-state index is 12.9. The van der Waals surface area contributed by atoms with E-state index in [1.807, 2.05) is 42.0 Å². The Hall–Kier alpha value is -3.27. The zero-order valence-electron chi connectivity index (χ0n) is 21.7. The van der Waals surface area contributed by atoms with Crippen molar-refractivity contribution in [3.8, 4) is 0 Å². The van der Waals surface area contributed by atoms with Gasteiger partial charge in [0, 0.05) is 50.8 Å². The zero-order chi connectivity index (χ0) is 26.0. The summed E-state index contributed by atoms with van der Waals surface area (Å²) in [6, 6.07) is -0.0528. The molecule has 9 nitrogen and oxygen atoms in total. The number of fused-ring (bicyclic) bond motifs is 1.